The second kappa shape index (κ2) is 7.38. The highest BCUT2D eigenvalue weighted by atomic mass is 15.1. The highest BCUT2D eigenvalue weighted by Crippen LogP contribution is 2.35. The molecule has 102 valence electrons. The average Bonchev–Trinajstić information content (AvgIpc) is 2.55. The molecule has 0 spiro atoms. The third-order valence-electron chi connectivity index (χ3n) is 4.64. The van der Waals surface area contributed by atoms with Crippen LogP contribution in [0.1, 0.15) is 65.2 Å². The lowest BCUT2D eigenvalue weighted by molar-refractivity contribution is 0.125. The van der Waals surface area contributed by atoms with Crippen LogP contribution in [0.5, 0.6) is 0 Å². The summed E-state index contributed by atoms with van der Waals surface area (Å²) in [7, 11) is 2.28. The Labute approximate surface area is 108 Å². The number of nitrogens with two attached hydrogens (primary N) is 1. The number of rotatable bonds is 6. The standard InChI is InChI=1S/C15H32N2/c1-4-9-14(2)17(3)13-15(12-16)10-7-5-6-8-11-15/h14H,4-13,16H2,1-3H3. The number of hydrogen-bond acceptors (Lipinski definition) is 2. The first-order valence-electron chi connectivity index (χ1n) is 7.54. The van der Waals surface area contributed by atoms with Crippen molar-refractivity contribution in [2.45, 2.75) is 71.3 Å². The van der Waals surface area contributed by atoms with E-state index >= 15 is 0 Å². The summed E-state index contributed by atoms with van der Waals surface area (Å²) in [6.45, 7) is 6.69. The Bertz CT molecular complexity index is 195. The van der Waals surface area contributed by atoms with Gasteiger partial charge in [0.1, 0.15) is 0 Å². The van der Waals surface area contributed by atoms with Crippen LogP contribution in [0.15, 0.2) is 0 Å². The molecule has 0 aromatic carbocycles. The van der Waals surface area contributed by atoms with Crippen LogP contribution in [0.25, 0.3) is 0 Å². The minimum absolute atomic E-state index is 0.410. The van der Waals surface area contributed by atoms with E-state index in [4.69, 9.17) is 5.73 Å². The summed E-state index contributed by atoms with van der Waals surface area (Å²) >= 11 is 0. The first-order valence-corrected chi connectivity index (χ1v) is 7.54. The molecule has 2 heteroatoms. The third kappa shape index (κ3) is 4.59. The van der Waals surface area contributed by atoms with Crippen molar-refractivity contribution in [1.29, 1.82) is 0 Å². The van der Waals surface area contributed by atoms with Crippen LogP contribution in [0.3, 0.4) is 0 Å². The summed E-state index contributed by atoms with van der Waals surface area (Å²) in [4.78, 5) is 2.54. The lowest BCUT2D eigenvalue weighted by atomic mass is 9.79. The molecule has 1 unspecified atom stereocenters. The molecule has 0 bridgehead atoms. The molecule has 2 N–H and O–H groups in total. The first kappa shape index (κ1) is 15.0. The van der Waals surface area contributed by atoms with Crippen LogP contribution in [-0.4, -0.2) is 31.1 Å². The summed E-state index contributed by atoms with van der Waals surface area (Å²) in [6, 6.07) is 0.701. The maximum atomic E-state index is 6.10. The van der Waals surface area contributed by atoms with Gasteiger partial charge in [0.2, 0.25) is 0 Å². The molecule has 0 aliphatic heterocycles. The topological polar surface area (TPSA) is 29.3 Å². The second-order valence-corrected chi connectivity index (χ2v) is 6.17. The number of nitrogens with zero attached hydrogens (tertiary/aromatic N) is 1. The summed E-state index contributed by atoms with van der Waals surface area (Å²) in [5.41, 5.74) is 6.51. The molecule has 17 heavy (non-hydrogen) atoms. The number of hydrogen-bond donors (Lipinski definition) is 1. The molecule has 0 radical (unpaired) electrons. The van der Waals surface area contributed by atoms with E-state index in [0.29, 0.717) is 11.5 Å². The van der Waals surface area contributed by atoms with Crippen LogP contribution >= 0.6 is 0 Å². The third-order valence-corrected chi connectivity index (χ3v) is 4.64. The van der Waals surface area contributed by atoms with Crippen molar-refractivity contribution in [2.24, 2.45) is 11.1 Å². The van der Waals surface area contributed by atoms with Crippen molar-refractivity contribution in [2.75, 3.05) is 20.1 Å². The molecule has 0 aromatic rings. The Balaban J connectivity index is 2.54. The van der Waals surface area contributed by atoms with Gasteiger partial charge in [0.15, 0.2) is 0 Å². The minimum Gasteiger partial charge on any atom is -0.330 e. The average molecular weight is 240 g/mol. The van der Waals surface area contributed by atoms with Gasteiger partial charge in [0, 0.05) is 12.6 Å². The quantitative estimate of drug-likeness (QED) is 0.721. The minimum atomic E-state index is 0.410. The molecule has 2 nitrogen and oxygen atoms in total. The Kier molecular flexibility index (Phi) is 6.50. The monoisotopic (exact) mass is 240 g/mol. The first-order chi connectivity index (χ1) is 8.13. The Morgan fingerprint density at radius 2 is 1.76 bits per heavy atom. The molecular formula is C15H32N2. The molecule has 0 saturated heterocycles. The fourth-order valence-electron chi connectivity index (χ4n) is 3.23. The van der Waals surface area contributed by atoms with E-state index in [1.165, 1.54) is 57.9 Å². The predicted molar refractivity (Wildman–Crippen MR) is 76.2 cm³/mol. The molecular weight excluding hydrogens is 208 g/mol. The molecule has 0 heterocycles. The van der Waals surface area contributed by atoms with Crippen molar-refractivity contribution in [1.82, 2.24) is 4.90 Å². The van der Waals surface area contributed by atoms with Gasteiger partial charge in [-0.25, -0.2) is 0 Å². The SMILES string of the molecule is CCCC(C)N(C)CC1(CN)CCCCCC1. The van der Waals surface area contributed by atoms with Gasteiger partial charge in [-0.2, -0.15) is 0 Å². The van der Waals surface area contributed by atoms with Crippen LogP contribution in [0, 0.1) is 5.41 Å². The molecule has 1 atom stereocenters. The Morgan fingerprint density at radius 1 is 1.18 bits per heavy atom. The van der Waals surface area contributed by atoms with Crippen molar-refractivity contribution in [3.8, 4) is 0 Å². The van der Waals surface area contributed by atoms with E-state index in [-0.39, 0.29) is 0 Å². The van der Waals surface area contributed by atoms with Gasteiger partial charge in [-0.3, -0.25) is 0 Å². The van der Waals surface area contributed by atoms with Crippen molar-refractivity contribution >= 4 is 0 Å². The van der Waals surface area contributed by atoms with E-state index in [2.05, 4.69) is 25.8 Å². The normalized spacial score (nSPS) is 22.4. The zero-order valence-electron chi connectivity index (χ0n) is 12.2. The zero-order chi connectivity index (χ0) is 12.7. The van der Waals surface area contributed by atoms with Gasteiger partial charge in [-0.1, -0.05) is 39.0 Å². The van der Waals surface area contributed by atoms with Gasteiger partial charge in [-0.05, 0) is 45.2 Å². The lowest BCUT2D eigenvalue weighted by Gasteiger charge is -2.38. The van der Waals surface area contributed by atoms with E-state index in [1.54, 1.807) is 0 Å². The van der Waals surface area contributed by atoms with E-state index in [0.717, 1.165) is 6.54 Å². The van der Waals surface area contributed by atoms with Gasteiger partial charge < -0.3 is 10.6 Å². The molecule has 1 rings (SSSR count). The zero-order valence-corrected chi connectivity index (χ0v) is 12.2. The predicted octanol–water partition coefficient (Wildman–Crippen LogP) is 3.41. The summed E-state index contributed by atoms with van der Waals surface area (Å²) in [5, 5.41) is 0. The largest absolute Gasteiger partial charge is 0.330 e. The van der Waals surface area contributed by atoms with Gasteiger partial charge in [-0.15, -0.1) is 0 Å². The fourth-order valence-corrected chi connectivity index (χ4v) is 3.23. The Morgan fingerprint density at radius 3 is 2.24 bits per heavy atom. The fraction of sp³-hybridized carbons (Fsp3) is 1.00. The molecule has 1 saturated carbocycles. The maximum Gasteiger partial charge on any atom is 0.00640 e. The van der Waals surface area contributed by atoms with Gasteiger partial charge >= 0.3 is 0 Å². The molecule has 0 amide bonds. The van der Waals surface area contributed by atoms with Crippen molar-refractivity contribution in [3.05, 3.63) is 0 Å². The Hall–Kier alpha value is -0.0800. The van der Waals surface area contributed by atoms with Crippen LogP contribution < -0.4 is 5.73 Å². The maximum absolute atomic E-state index is 6.10. The molecule has 0 aromatic heterocycles. The van der Waals surface area contributed by atoms with Crippen LogP contribution in [0.4, 0.5) is 0 Å². The summed E-state index contributed by atoms with van der Waals surface area (Å²) in [5.74, 6) is 0. The second-order valence-electron chi connectivity index (χ2n) is 6.17. The lowest BCUT2D eigenvalue weighted by Crippen LogP contribution is -2.44. The molecule has 1 aliphatic carbocycles. The van der Waals surface area contributed by atoms with Crippen molar-refractivity contribution < 1.29 is 0 Å². The molecule has 1 aliphatic rings. The highest BCUT2D eigenvalue weighted by molar-refractivity contribution is 4.86. The van der Waals surface area contributed by atoms with Crippen LogP contribution in [0.2, 0.25) is 0 Å². The smallest absolute Gasteiger partial charge is 0.00640 e. The van der Waals surface area contributed by atoms with E-state index in [1.807, 2.05) is 0 Å². The van der Waals surface area contributed by atoms with Crippen molar-refractivity contribution in [3.63, 3.8) is 0 Å². The summed E-state index contributed by atoms with van der Waals surface area (Å²) in [6.07, 6.45) is 10.9. The van der Waals surface area contributed by atoms with Crippen LogP contribution in [-0.2, 0) is 0 Å². The van der Waals surface area contributed by atoms with Gasteiger partial charge in [0.05, 0.1) is 0 Å². The highest BCUT2D eigenvalue weighted by Gasteiger charge is 2.31. The summed E-state index contributed by atoms with van der Waals surface area (Å²) < 4.78 is 0. The molecule has 1 fully saturated rings. The van der Waals surface area contributed by atoms with E-state index in [9.17, 15) is 0 Å². The van der Waals surface area contributed by atoms with Gasteiger partial charge in [0.25, 0.3) is 0 Å². The van der Waals surface area contributed by atoms with E-state index < -0.39 is 0 Å².